The maximum atomic E-state index is 13.0. The molecular weight excluding hydrogens is 307 g/mol. The van der Waals surface area contributed by atoms with E-state index < -0.39 is 11.7 Å². The number of aromatic nitrogens is 3. The second-order valence-corrected chi connectivity index (χ2v) is 5.55. The maximum Gasteiger partial charge on any atom is 0.417 e. The molecule has 5 nitrogen and oxygen atoms in total. The van der Waals surface area contributed by atoms with Crippen LogP contribution in [0.1, 0.15) is 36.4 Å². The molecule has 1 N–H and O–H groups in total. The molecule has 8 heteroatoms. The van der Waals surface area contributed by atoms with Crippen LogP contribution in [-0.4, -0.2) is 20.8 Å². The van der Waals surface area contributed by atoms with Gasteiger partial charge in [0.15, 0.2) is 0 Å². The molecule has 1 aromatic carbocycles. The third-order valence-electron chi connectivity index (χ3n) is 4.03. The summed E-state index contributed by atoms with van der Waals surface area (Å²) in [4.78, 5) is 3.91. The molecule has 0 amide bonds. The number of hydrogen-bond donors (Lipinski definition) is 1. The lowest BCUT2D eigenvalue weighted by molar-refractivity contribution is -0.137. The normalized spacial score (nSPS) is 21.1. The highest BCUT2D eigenvalue weighted by Gasteiger charge is 2.34. The number of nitrogens with one attached hydrogen (secondary N) is 1. The van der Waals surface area contributed by atoms with Crippen molar-refractivity contribution in [2.45, 2.75) is 37.5 Å². The lowest BCUT2D eigenvalue weighted by Gasteiger charge is -2.17. The van der Waals surface area contributed by atoms with Gasteiger partial charge in [-0.2, -0.15) is 23.5 Å². The monoisotopic (exact) mass is 321 g/mol. The molecule has 2 unspecified atom stereocenters. The van der Waals surface area contributed by atoms with E-state index in [-0.39, 0.29) is 17.6 Å². The van der Waals surface area contributed by atoms with Crippen LogP contribution in [0.2, 0.25) is 0 Å². The van der Waals surface area contributed by atoms with Crippen molar-refractivity contribution in [2.24, 2.45) is 0 Å². The summed E-state index contributed by atoms with van der Waals surface area (Å²) in [7, 11) is 0. The van der Waals surface area contributed by atoms with Gasteiger partial charge in [0.2, 0.25) is 0 Å². The van der Waals surface area contributed by atoms with Crippen molar-refractivity contribution < 1.29 is 13.2 Å². The zero-order chi connectivity index (χ0) is 16.4. The van der Waals surface area contributed by atoms with E-state index in [1.54, 1.807) is 17.1 Å². The minimum Gasteiger partial charge on any atom is -0.382 e. The van der Waals surface area contributed by atoms with Gasteiger partial charge in [0.25, 0.3) is 0 Å². The Morgan fingerprint density at radius 2 is 2.13 bits per heavy atom. The van der Waals surface area contributed by atoms with Crippen molar-refractivity contribution in [1.29, 1.82) is 5.26 Å². The number of hydrogen-bond acceptors (Lipinski definition) is 4. The molecule has 0 saturated heterocycles. The van der Waals surface area contributed by atoms with Gasteiger partial charge < -0.3 is 5.32 Å². The number of benzene rings is 1. The Morgan fingerprint density at radius 3 is 2.78 bits per heavy atom. The van der Waals surface area contributed by atoms with Gasteiger partial charge in [-0.1, -0.05) is 0 Å². The first-order valence-electron chi connectivity index (χ1n) is 7.19. The van der Waals surface area contributed by atoms with Gasteiger partial charge in [-0.05, 0) is 37.5 Å². The fraction of sp³-hybridized carbons (Fsp3) is 0.400. The topological polar surface area (TPSA) is 66.5 Å². The third kappa shape index (κ3) is 3.28. The summed E-state index contributed by atoms with van der Waals surface area (Å²) in [6.07, 6.45) is 1.08. The lowest BCUT2D eigenvalue weighted by atomic mass is 10.1. The zero-order valence-corrected chi connectivity index (χ0v) is 12.1. The van der Waals surface area contributed by atoms with E-state index in [2.05, 4.69) is 15.4 Å². The summed E-state index contributed by atoms with van der Waals surface area (Å²) in [5.74, 6) is 0. The molecule has 1 saturated carbocycles. The largest absolute Gasteiger partial charge is 0.417 e. The Bertz CT molecular complexity index is 718. The summed E-state index contributed by atoms with van der Waals surface area (Å²) in [6, 6.07) is 5.57. The molecule has 2 atom stereocenters. The third-order valence-corrected chi connectivity index (χ3v) is 4.03. The van der Waals surface area contributed by atoms with Crippen LogP contribution >= 0.6 is 0 Å². The predicted molar refractivity (Wildman–Crippen MR) is 76.5 cm³/mol. The van der Waals surface area contributed by atoms with Gasteiger partial charge in [-0.25, -0.2) is 9.67 Å². The molecule has 1 aromatic heterocycles. The van der Waals surface area contributed by atoms with Gasteiger partial charge in [-0.15, -0.1) is 0 Å². The van der Waals surface area contributed by atoms with Gasteiger partial charge in [0.1, 0.15) is 12.7 Å². The SMILES string of the molecule is N#Cc1ccc(NC2CCC(n3cncn3)C2)cc1C(F)(F)F. The van der Waals surface area contributed by atoms with Crippen molar-refractivity contribution >= 4 is 5.69 Å². The number of alkyl halides is 3. The molecule has 0 bridgehead atoms. The average molecular weight is 321 g/mol. The molecule has 0 aliphatic heterocycles. The van der Waals surface area contributed by atoms with E-state index in [1.807, 2.05) is 0 Å². The maximum absolute atomic E-state index is 13.0. The molecule has 120 valence electrons. The average Bonchev–Trinajstić information content (AvgIpc) is 3.17. The summed E-state index contributed by atoms with van der Waals surface area (Å²) < 4.78 is 40.7. The highest BCUT2D eigenvalue weighted by Crippen LogP contribution is 2.35. The zero-order valence-electron chi connectivity index (χ0n) is 12.1. The Labute approximate surface area is 130 Å². The molecule has 1 fully saturated rings. The summed E-state index contributed by atoms with van der Waals surface area (Å²) in [6.45, 7) is 0. The Morgan fingerprint density at radius 1 is 1.30 bits per heavy atom. The van der Waals surface area contributed by atoms with Gasteiger partial charge >= 0.3 is 6.18 Å². The van der Waals surface area contributed by atoms with Crippen molar-refractivity contribution in [3.8, 4) is 6.07 Å². The Kier molecular flexibility index (Phi) is 3.94. The first-order valence-corrected chi connectivity index (χ1v) is 7.19. The van der Waals surface area contributed by atoms with Crippen LogP contribution in [0.3, 0.4) is 0 Å². The first kappa shape index (κ1) is 15.3. The van der Waals surface area contributed by atoms with E-state index in [1.165, 1.54) is 18.5 Å². The molecule has 0 spiro atoms. The first-order chi connectivity index (χ1) is 11.0. The fourth-order valence-electron chi connectivity index (χ4n) is 2.94. The summed E-state index contributed by atoms with van der Waals surface area (Å²) in [5.41, 5.74) is -0.897. The van der Waals surface area contributed by atoms with Gasteiger partial charge in [0, 0.05) is 11.7 Å². The summed E-state index contributed by atoms with van der Waals surface area (Å²) >= 11 is 0. The minimum absolute atomic E-state index is 0.0678. The molecule has 23 heavy (non-hydrogen) atoms. The van der Waals surface area contributed by atoms with Crippen LogP contribution < -0.4 is 5.32 Å². The smallest absolute Gasteiger partial charge is 0.382 e. The number of nitrogens with zero attached hydrogens (tertiary/aromatic N) is 4. The van der Waals surface area contributed by atoms with Gasteiger partial charge in [-0.3, -0.25) is 0 Å². The van der Waals surface area contributed by atoms with E-state index >= 15 is 0 Å². The van der Waals surface area contributed by atoms with E-state index in [0.717, 1.165) is 25.3 Å². The predicted octanol–water partition coefficient (Wildman–Crippen LogP) is 3.37. The van der Waals surface area contributed by atoms with Crippen molar-refractivity contribution in [3.63, 3.8) is 0 Å². The molecule has 1 aliphatic rings. The Balaban J connectivity index is 1.73. The fourth-order valence-corrected chi connectivity index (χ4v) is 2.94. The van der Waals surface area contributed by atoms with E-state index in [4.69, 9.17) is 5.26 Å². The van der Waals surface area contributed by atoms with Crippen LogP contribution in [0.4, 0.5) is 18.9 Å². The molecule has 1 aliphatic carbocycles. The second-order valence-electron chi connectivity index (χ2n) is 5.55. The highest BCUT2D eigenvalue weighted by molar-refractivity contribution is 5.53. The highest BCUT2D eigenvalue weighted by atomic mass is 19.4. The number of halogens is 3. The molecule has 2 aromatic rings. The number of rotatable bonds is 3. The van der Waals surface area contributed by atoms with Crippen LogP contribution in [0.15, 0.2) is 30.9 Å². The second kappa shape index (κ2) is 5.91. The molecule has 3 rings (SSSR count). The Hall–Kier alpha value is -2.56. The lowest BCUT2D eigenvalue weighted by Crippen LogP contribution is -2.17. The van der Waals surface area contributed by atoms with Crippen LogP contribution in [0.5, 0.6) is 0 Å². The number of nitriles is 1. The standard InChI is InChI=1S/C15H14F3N5/c16-15(17,18)14-6-12(2-1-10(14)7-19)22-11-3-4-13(5-11)23-9-20-8-21-23/h1-2,6,8-9,11,13,22H,3-5H2. The van der Waals surface area contributed by atoms with Crippen LogP contribution in [0, 0.1) is 11.3 Å². The van der Waals surface area contributed by atoms with Gasteiger partial charge in [0.05, 0.1) is 23.2 Å². The van der Waals surface area contributed by atoms with Crippen LogP contribution in [0.25, 0.3) is 0 Å². The molecule has 1 heterocycles. The van der Waals surface area contributed by atoms with Crippen molar-refractivity contribution in [2.75, 3.05) is 5.32 Å². The van der Waals surface area contributed by atoms with Crippen molar-refractivity contribution in [3.05, 3.63) is 42.0 Å². The molecule has 0 radical (unpaired) electrons. The quantitative estimate of drug-likeness (QED) is 0.941. The number of anilines is 1. The minimum atomic E-state index is -4.54. The van der Waals surface area contributed by atoms with E-state index in [0.29, 0.717) is 5.69 Å². The van der Waals surface area contributed by atoms with Crippen molar-refractivity contribution in [1.82, 2.24) is 14.8 Å². The summed E-state index contributed by atoms with van der Waals surface area (Å²) in [5, 5.41) is 16.0. The van der Waals surface area contributed by atoms with E-state index in [9.17, 15) is 13.2 Å². The van der Waals surface area contributed by atoms with Crippen LogP contribution in [-0.2, 0) is 6.18 Å². The molecular formula is C15H14F3N5.